The number of hydrogen-bond donors (Lipinski definition) is 1. The summed E-state index contributed by atoms with van der Waals surface area (Å²) in [6.45, 7) is 6.82. The number of aryl methyl sites for hydroxylation is 1. The minimum absolute atomic E-state index is 0.104. The highest BCUT2D eigenvalue weighted by Gasteiger charge is 2.41. The molecule has 1 amide bonds. The molecule has 0 aliphatic carbocycles. The number of thioether (sulfide) groups is 1. The Labute approximate surface area is 181 Å². The van der Waals surface area contributed by atoms with Crippen LogP contribution in [-0.2, 0) is 19.1 Å². The van der Waals surface area contributed by atoms with E-state index in [0.717, 1.165) is 22.0 Å². The summed E-state index contributed by atoms with van der Waals surface area (Å²) in [5.74, 6) is -0.487. The smallest absolute Gasteiger partial charge is 0.338 e. The fourth-order valence-electron chi connectivity index (χ4n) is 3.55. The van der Waals surface area contributed by atoms with Crippen LogP contribution in [0.3, 0.4) is 0 Å². The Morgan fingerprint density at radius 3 is 2.73 bits per heavy atom. The number of fused-ring (bicyclic) bond motifs is 1. The summed E-state index contributed by atoms with van der Waals surface area (Å²) < 4.78 is 10.4. The lowest BCUT2D eigenvalue weighted by Gasteiger charge is -2.37. The first-order valence-corrected chi connectivity index (χ1v) is 10.8. The van der Waals surface area contributed by atoms with Crippen molar-refractivity contribution in [2.45, 2.75) is 33.2 Å². The molecule has 0 saturated heterocycles. The number of carbonyl (C=O) groups excluding carboxylic acids is 2. The molecule has 7 nitrogen and oxygen atoms in total. The standard InChI is InChI=1S/C22H27N3O4S/c1-5-29-21(27)19-15(3)24-22-25(20(19)17-9-7-6-8-14(17)2)16(13-30-22)12-18(26)23-10-11-28-4/h6-9,13,20H,5,10-12H2,1-4H3,(H,23,26)/t20-/m1/s1. The van der Waals surface area contributed by atoms with Crippen molar-refractivity contribution >= 4 is 28.8 Å². The zero-order valence-corrected chi connectivity index (χ0v) is 18.5. The van der Waals surface area contributed by atoms with Crippen molar-refractivity contribution < 1.29 is 19.1 Å². The van der Waals surface area contributed by atoms with Gasteiger partial charge in [-0.2, -0.15) is 0 Å². The molecular formula is C22H27N3O4S. The normalized spacial score (nSPS) is 18.0. The van der Waals surface area contributed by atoms with Crippen LogP contribution in [0, 0.1) is 6.92 Å². The number of carbonyl (C=O) groups is 2. The van der Waals surface area contributed by atoms with Gasteiger partial charge in [0.1, 0.15) is 0 Å². The lowest BCUT2D eigenvalue weighted by molar-refractivity contribution is -0.139. The van der Waals surface area contributed by atoms with E-state index in [9.17, 15) is 9.59 Å². The Morgan fingerprint density at radius 1 is 1.27 bits per heavy atom. The van der Waals surface area contributed by atoms with E-state index in [-0.39, 0.29) is 24.9 Å². The number of nitrogens with zero attached hydrogens (tertiary/aromatic N) is 2. The van der Waals surface area contributed by atoms with Gasteiger partial charge in [0.25, 0.3) is 0 Å². The van der Waals surface area contributed by atoms with Gasteiger partial charge in [-0.25, -0.2) is 9.79 Å². The van der Waals surface area contributed by atoms with Gasteiger partial charge in [0, 0.05) is 19.4 Å². The Balaban J connectivity index is 1.98. The number of nitrogens with one attached hydrogen (secondary N) is 1. The van der Waals surface area contributed by atoms with Crippen LogP contribution in [-0.4, -0.2) is 48.8 Å². The van der Waals surface area contributed by atoms with E-state index >= 15 is 0 Å². The van der Waals surface area contributed by atoms with Crippen molar-refractivity contribution in [1.29, 1.82) is 0 Å². The number of allylic oxidation sites excluding steroid dienone is 1. The van der Waals surface area contributed by atoms with Gasteiger partial charge in [0.15, 0.2) is 5.17 Å². The van der Waals surface area contributed by atoms with Crippen LogP contribution in [0.5, 0.6) is 0 Å². The highest BCUT2D eigenvalue weighted by Crippen LogP contribution is 2.45. The highest BCUT2D eigenvalue weighted by molar-refractivity contribution is 8.16. The third kappa shape index (κ3) is 4.60. The molecule has 1 N–H and O–H groups in total. The maximum absolute atomic E-state index is 12.9. The van der Waals surface area contributed by atoms with Crippen molar-refractivity contribution in [3.8, 4) is 0 Å². The number of amides is 1. The fraction of sp³-hybridized carbons (Fsp3) is 0.409. The van der Waals surface area contributed by atoms with E-state index in [0.29, 0.717) is 24.4 Å². The number of aliphatic imine (C=N–C) groups is 1. The average molecular weight is 430 g/mol. The van der Waals surface area contributed by atoms with Crippen LogP contribution in [0.4, 0.5) is 0 Å². The van der Waals surface area contributed by atoms with Crippen LogP contribution in [0.1, 0.15) is 37.4 Å². The predicted octanol–water partition coefficient (Wildman–Crippen LogP) is 3.29. The van der Waals surface area contributed by atoms with Gasteiger partial charge in [-0.1, -0.05) is 36.0 Å². The summed E-state index contributed by atoms with van der Waals surface area (Å²) in [7, 11) is 1.59. The van der Waals surface area contributed by atoms with E-state index in [1.165, 1.54) is 11.8 Å². The number of ether oxygens (including phenoxy) is 2. The third-order valence-corrected chi connectivity index (χ3v) is 5.84. The van der Waals surface area contributed by atoms with Crippen molar-refractivity contribution in [3.63, 3.8) is 0 Å². The van der Waals surface area contributed by atoms with Crippen molar-refractivity contribution in [2.24, 2.45) is 4.99 Å². The molecule has 30 heavy (non-hydrogen) atoms. The highest BCUT2D eigenvalue weighted by atomic mass is 32.2. The maximum Gasteiger partial charge on any atom is 0.338 e. The lowest BCUT2D eigenvalue weighted by Crippen LogP contribution is -2.38. The second kappa shape index (κ2) is 9.95. The molecule has 0 fully saturated rings. The van der Waals surface area contributed by atoms with E-state index in [4.69, 9.17) is 9.47 Å². The van der Waals surface area contributed by atoms with Gasteiger partial charge in [-0.05, 0) is 37.3 Å². The van der Waals surface area contributed by atoms with Gasteiger partial charge < -0.3 is 19.7 Å². The molecule has 0 saturated carbocycles. The second-order valence-electron chi connectivity index (χ2n) is 6.99. The Kier molecular flexibility index (Phi) is 7.33. The number of hydrogen-bond acceptors (Lipinski definition) is 7. The third-order valence-electron chi connectivity index (χ3n) is 4.95. The summed E-state index contributed by atoms with van der Waals surface area (Å²) in [5, 5.41) is 5.54. The molecule has 0 radical (unpaired) electrons. The average Bonchev–Trinajstić information content (AvgIpc) is 3.09. The number of benzene rings is 1. The Morgan fingerprint density at radius 2 is 2.03 bits per heavy atom. The van der Waals surface area contributed by atoms with Gasteiger partial charge >= 0.3 is 5.97 Å². The fourth-order valence-corrected chi connectivity index (χ4v) is 4.51. The molecular weight excluding hydrogens is 402 g/mol. The van der Waals surface area contributed by atoms with E-state index in [1.54, 1.807) is 14.0 Å². The molecule has 2 aliphatic heterocycles. The molecule has 2 aliphatic rings. The van der Waals surface area contributed by atoms with Crippen molar-refractivity contribution in [3.05, 3.63) is 57.8 Å². The molecule has 0 spiro atoms. The first kappa shape index (κ1) is 22.1. The zero-order valence-electron chi connectivity index (χ0n) is 17.7. The largest absolute Gasteiger partial charge is 0.463 e. The molecule has 8 heteroatoms. The van der Waals surface area contributed by atoms with Crippen molar-refractivity contribution in [1.82, 2.24) is 10.2 Å². The number of methoxy groups -OCH3 is 1. The van der Waals surface area contributed by atoms with Crippen LogP contribution in [0.2, 0.25) is 0 Å². The SMILES string of the molecule is CCOC(=O)C1=C(C)N=C2SC=C(CC(=O)NCCOC)N2[C@@H]1c1ccccc1C. The minimum atomic E-state index is -0.397. The quantitative estimate of drug-likeness (QED) is 0.505. The number of rotatable bonds is 8. The summed E-state index contributed by atoms with van der Waals surface area (Å²) in [6.07, 6.45) is 0.188. The predicted molar refractivity (Wildman–Crippen MR) is 118 cm³/mol. The molecule has 0 unspecified atom stereocenters. The van der Waals surface area contributed by atoms with Crippen molar-refractivity contribution in [2.75, 3.05) is 26.9 Å². The molecule has 0 aromatic heterocycles. The Bertz CT molecular complexity index is 923. The monoisotopic (exact) mass is 429 g/mol. The van der Waals surface area contributed by atoms with E-state index in [2.05, 4.69) is 10.3 Å². The summed E-state index contributed by atoms with van der Waals surface area (Å²) in [5.41, 5.74) is 3.98. The zero-order chi connectivity index (χ0) is 21.7. The van der Waals surface area contributed by atoms with Gasteiger partial charge in [-0.15, -0.1) is 0 Å². The summed E-state index contributed by atoms with van der Waals surface area (Å²) in [4.78, 5) is 32.0. The Hall–Kier alpha value is -2.58. The molecule has 1 aromatic carbocycles. The first-order chi connectivity index (χ1) is 14.5. The molecule has 160 valence electrons. The second-order valence-corrected chi connectivity index (χ2v) is 7.83. The molecule has 2 heterocycles. The first-order valence-electron chi connectivity index (χ1n) is 9.90. The summed E-state index contributed by atoms with van der Waals surface area (Å²) in [6, 6.07) is 7.55. The lowest BCUT2D eigenvalue weighted by atomic mass is 9.91. The van der Waals surface area contributed by atoms with E-state index < -0.39 is 6.04 Å². The minimum Gasteiger partial charge on any atom is -0.463 e. The topological polar surface area (TPSA) is 80.2 Å². The maximum atomic E-state index is 12.9. The van der Waals surface area contributed by atoms with Crippen LogP contribution in [0.25, 0.3) is 0 Å². The van der Waals surface area contributed by atoms with Gasteiger partial charge in [0.2, 0.25) is 5.91 Å². The van der Waals surface area contributed by atoms with Crippen LogP contribution >= 0.6 is 11.8 Å². The molecule has 1 aromatic rings. The van der Waals surface area contributed by atoms with Gasteiger partial charge in [0.05, 0.1) is 36.9 Å². The van der Waals surface area contributed by atoms with Crippen LogP contribution in [0.15, 0.2) is 51.6 Å². The van der Waals surface area contributed by atoms with E-state index in [1.807, 2.05) is 48.4 Å². The number of esters is 1. The van der Waals surface area contributed by atoms with Gasteiger partial charge in [-0.3, -0.25) is 4.79 Å². The number of amidine groups is 1. The molecule has 3 rings (SSSR count). The van der Waals surface area contributed by atoms with Crippen LogP contribution < -0.4 is 5.32 Å². The summed E-state index contributed by atoms with van der Waals surface area (Å²) >= 11 is 1.46. The molecule has 0 bridgehead atoms. The molecule has 1 atom stereocenters.